The number of carbonyl (C=O) groups is 2. The Bertz CT molecular complexity index is 522. The zero-order valence-electron chi connectivity index (χ0n) is 11.8. The van der Waals surface area contributed by atoms with Crippen LogP contribution < -0.4 is 5.32 Å². The van der Waals surface area contributed by atoms with E-state index in [1.54, 1.807) is 24.8 Å². The maximum Gasteiger partial charge on any atom is 0.252 e. The van der Waals surface area contributed by atoms with Crippen LogP contribution >= 0.6 is 0 Å². The first-order valence-electron chi connectivity index (χ1n) is 6.88. The van der Waals surface area contributed by atoms with E-state index in [0.717, 1.165) is 25.9 Å². The van der Waals surface area contributed by atoms with E-state index < -0.39 is 6.04 Å². The molecular formula is C15H20N2O3. The van der Waals surface area contributed by atoms with Gasteiger partial charge in [-0.2, -0.15) is 0 Å². The maximum absolute atomic E-state index is 12.1. The van der Waals surface area contributed by atoms with Crippen molar-refractivity contribution in [3.8, 4) is 5.75 Å². The third-order valence-corrected chi connectivity index (χ3v) is 3.59. The number of rotatable bonds is 3. The first-order valence-corrected chi connectivity index (χ1v) is 6.88. The Morgan fingerprint density at radius 2 is 1.95 bits per heavy atom. The molecule has 108 valence electrons. The Morgan fingerprint density at radius 1 is 1.30 bits per heavy atom. The van der Waals surface area contributed by atoms with Crippen LogP contribution in [-0.4, -0.2) is 41.0 Å². The summed E-state index contributed by atoms with van der Waals surface area (Å²) in [6.45, 7) is 5.00. The molecule has 1 fully saturated rings. The number of likely N-dealkylation sites (tertiary alicyclic amines) is 1. The number of nitrogens with one attached hydrogen (secondary N) is 1. The van der Waals surface area contributed by atoms with Crippen LogP contribution in [0.5, 0.6) is 5.75 Å². The van der Waals surface area contributed by atoms with Gasteiger partial charge in [-0.05, 0) is 50.5 Å². The molecule has 1 aliphatic rings. The van der Waals surface area contributed by atoms with Crippen molar-refractivity contribution in [1.82, 2.24) is 10.2 Å². The number of hydrogen-bond donors (Lipinski definition) is 2. The molecular weight excluding hydrogens is 256 g/mol. The van der Waals surface area contributed by atoms with Crippen molar-refractivity contribution in [2.24, 2.45) is 0 Å². The molecule has 2 amide bonds. The molecule has 5 nitrogen and oxygen atoms in total. The molecule has 1 saturated heterocycles. The Labute approximate surface area is 118 Å². The average molecular weight is 276 g/mol. The zero-order chi connectivity index (χ0) is 14.7. The molecule has 1 unspecified atom stereocenters. The summed E-state index contributed by atoms with van der Waals surface area (Å²) in [5, 5.41) is 12.1. The standard InChI is InChI=1S/C15H20N2O3/c1-10-9-12(18)5-6-13(10)14(19)16-11(2)15(20)17-7-3-4-8-17/h5-6,9,11,18H,3-4,7-8H2,1-2H3,(H,16,19). The van der Waals surface area contributed by atoms with E-state index in [1.807, 2.05) is 0 Å². The molecule has 1 aromatic rings. The summed E-state index contributed by atoms with van der Waals surface area (Å²) in [4.78, 5) is 26.1. The molecule has 0 bridgehead atoms. The molecule has 0 aromatic heterocycles. The van der Waals surface area contributed by atoms with Gasteiger partial charge in [-0.1, -0.05) is 0 Å². The molecule has 20 heavy (non-hydrogen) atoms. The molecule has 1 atom stereocenters. The van der Waals surface area contributed by atoms with Crippen LogP contribution in [0.3, 0.4) is 0 Å². The molecule has 1 aliphatic heterocycles. The van der Waals surface area contributed by atoms with Gasteiger partial charge in [-0.15, -0.1) is 0 Å². The number of phenols is 1. The number of carbonyl (C=O) groups excluding carboxylic acids is 2. The highest BCUT2D eigenvalue weighted by molar-refractivity contribution is 5.98. The fourth-order valence-corrected chi connectivity index (χ4v) is 2.45. The van der Waals surface area contributed by atoms with Crippen molar-refractivity contribution in [3.63, 3.8) is 0 Å². The van der Waals surface area contributed by atoms with Crippen LogP contribution in [0.1, 0.15) is 35.7 Å². The summed E-state index contributed by atoms with van der Waals surface area (Å²) < 4.78 is 0. The second-order valence-corrected chi connectivity index (χ2v) is 5.23. The smallest absolute Gasteiger partial charge is 0.252 e. The second kappa shape index (κ2) is 5.94. The normalized spacial score (nSPS) is 16.0. The molecule has 0 aliphatic carbocycles. The lowest BCUT2D eigenvalue weighted by molar-refractivity contribution is -0.131. The van der Waals surface area contributed by atoms with Gasteiger partial charge in [0.15, 0.2) is 0 Å². The van der Waals surface area contributed by atoms with E-state index in [9.17, 15) is 14.7 Å². The van der Waals surface area contributed by atoms with E-state index in [0.29, 0.717) is 11.1 Å². The number of benzene rings is 1. The third-order valence-electron chi connectivity index (χ3n) is 3.59. The van der Waals surface area contributed by atoms with Crippen LogP contribution in [0, 0.1) is 6.92 Å². The highest BCUT2D eigenvalue weighted by Gasteiger charge is 2.24. The Hall–Kier alpha value is -2.04. The Kier molecular flexibility index (Phi) is 4.27. The summed E-state index contributed by atoms with van der Waals surface area (Å²) in [6, 6.07) is 4.03. The van der Waals surface area contributed by atoms with Gasteiger partial charge in [0.25, 0.3) is 5.91 Å². The second-order valence-electron chi connectivity index (χ2n) is 5.23. The topological polar surface area (TPSA) is 69.6 Å². The minimum absolute atomic E-state index is 0.0349. The monoisotopic (exact) mass is 276 g/mol. The SMILES string of the molecule is Cc1cc(O)ccc1C(=O)NC(C)C(=O)N1CCCC1. The lowest BCUT2D eigenvalue weighted by Crippen LogP contribution is -2.46. The van der Waals surface area contributed by atoms with E-state index in [1.165, 1.54) is 12.1 Å². The number of aryl methyl sites for hydroxylation is 1. The minimum Gasteiger partial charge on any atom is -0.508 e. The summed E-state index contributed by atoms with van der Waals surface area (Å²) >= 11 is 0. The molecule has 2 rings (SSSR count). The van der Waals surface area contributed by atoms with E-state index in [-0.39, 0.29) is 17.6 Å². The summed E-state index contributed by atoms with van der Waals surface area (Å²) in [6.07, 6.45) is 2.06. The lowest BCUT2D eigenvalue weighted by Gasteiger charge is -2.21. The van der Waals surface area contributed by atoms with Crippen molar-refractivity contribution in [2.75, 3.05) is 13.1 Å². The molecule has 0 saturated carbocycles. The van der Waals surface area contributed by atoms with Crippen LogP contribution in [0.25, 0.3) is 0 Å². The first-order chi connectivity index (χ1) is 9.49. The van der Waals surface area contributed by atoms with Crippen LogP contribution in [-0.2, 0) is 4.79 Å². The van der Waals surface area contributed by atoms with Gasteiger partial charge < -0.3 is 15.3 Å². The summed E-state index contributed by atoms with van der Waals surface area (Å²) in [7, 11) is 0. The van der Waals surface area contributed by atoms with Crippen molar-refractivity contribution in [1.29, 1.82) is 0 Å². The van der Waals surface area contributed by atoms with Crippen LogP contribution in [0.2, 0.25) is 0 Å². The van der Waals surface area contributed by atoms with Gasteiger partial charge in [0, 0.05) is 18.7 Å². The Balaban J connectivity index is 2.01. The lowest BCUT2D eigenvalue weighted by atomic mass is 10.1. The fourth-order valence-electron chi connectivity index (χ4n) is 2.45. The van der Waals surface area contributed by atoms with Crippen LogP contribution in [0.15, 0.2) is 18.2 Å². The fraction of sp³-hybridized carbons (Fsp3) is 0.467. The zero-order valence-corrected chi connectivity index (χ0v) is 11.8. The van der Waals surface area contributed by atoms with Gasteiger partial charge in [0.05, 0.1) is 0 Å². The van der Waals surface area contributed by atoms with E-state index in [4.69, 9.17) is 0 Å². The largest absolute Gasteiger partial charge is 0.508 e. The highest BCUT2D eigenvalue weighted by Crippen LogP contribution is 2.16. The molecule has 1 aromatic carbocycles. The predicted octanol–water partition coefficient (Wildman–Crippen LogP) is 1.44. The van der Waals surface area contributed by atoms with Crippen molar-refractivity contribution >= 4 is 11.8 Å². The van der Waals surface area contributed by atoms with Crippen molar-refractivity contribution < 1.29 is 14.7 Å². The van der Waals surface area contributed by atoms with Crippen molar-refractivity contribution in [2.45, 2.75) is 32.7 Å². The van der Waals surface area contributed by atoms with Crippen LogP contribution in [0.4, 0.5) is 0 Å². The number of hydrogen-bond acceptors (Lipinski definition) is 3. The molecule has 1 heterocycles. The van der Waals surface area contributed by atoms with Gasteiger partial charge in [0.2, 0.25) is 5.91 Å². The Morgan fingerprint density at radius 3 is 2.55 bits per heavy atom. The first kappa shape index (κ1) is 14.4. The number of phenolic OH excluding ortho intramolecular Hbond substituents is 1. The number of nitrogens with zero attached hydrogens (tertiary/aromatic N) is 1. The summed E-state index contributed by atoms with van der Waals surface area (Å²) in [5.74, 6) is -0.199. The van der Waals surface area contributed by atoms with Gasteiger partial charge in [-0.3, -0.25) is 9.59 Å². The molecule has 0 spiro atoms. The average Bonchev–Trinajstić information content (AvgIpc) is 2.91. The molecule has 0 radical (unpaired) electrons. The maximum atomic E-state index is 12.1. The predicted molar refractivity (Wildman–Crippen MR) is 75.6 cm³/mol. The van der Waals surface area contributed by atoms with Crippen molar-refractivity contribution in [3.05, 3.63) is 29.3 Å². The number of amides is 2. The van der Waals surface area contributed by atoms with E-state index in [2.05, 4.69) is 5.32 Å². The van der Waals surface area contributed by atoms with Gasteiger partial charge in [-0.25, -0.2) is 0 Å². The van der Waals surface area contributed by atoms with E-state index >= 15 is 0 Å². The minimum atomic E-state index is -0.534. The van der Waals surface area contributed by atoms with Gasteiger partial charge in [0.1, 0.15) is 11.8 Å². The quantitative estimate of drug-likeness (QED) is 0.877. The molecule has 5 heteroatoms. The number of aromatic hydroxyl groups is 1. The van der Waals surface area contributed by atoms with Gasteiger partial charge >= 0.3 is 0 Å². The molecule has 2 N–H and O–H groups in total. The highest BCUT2D eigenvalue weighted by atomic mass is 16.3. The third kappa shape index (κ3) is 3.10. The summed E-state index contributed by atoms with van der Waals surface area (Å²) in [5.41, 5.74) is 1.16.